The van der Waals surface area contributed by atoms with Crippen LogP contribution in [0.4, 0.5) is 11.4 Å². The lowest BCUT2D eigenvalue weighted by molar-refractivity contribution is 0.560. The van der Waals surface area contributed by atoms with Gasteiger partial charge in [0.05, 0.1) is 26.3 Å². The van der Waals surface area contributed by atoms with Crippen LogP contribution in [0.1, 0.15) is 12.5 Å². The van der Waals surface area contributed by atoms with E-state index in [4.69, 9.17) is 39.2 Å². The van der Waals surface area contributed by atoms with Crippen molar-refractivity contribution in [2.45, 2.75) is 11.8 Å². The van der Waals surface area contributed by atoms with E-state index < -0.39 is 15.6 Å². The van der Waals surface area contributed by atoms with Crippen LogP contribution in [0.25, 0.3) is 11.0 Å². The molecule has 0 saturated carbocycles. The van der Waals surface area contributed by atoms with Crippen molar-refractivity contribution in [1.82, 2.24) is 0 Å². The molecule has 0 spiro atoms. The maximum Gasteiger partial charge on any atom is 0.336 e. The molecule has 0 radical (unpaired) electrons. The number of hydrogen-bond donors (Lipinski definition) is 2. The van der Waals surface area contributed by atoms with Gasteiger partial charge in [0.2, 0.25) is 0 Å². The summed E-state index contributed by atoms with van der Waals surface area (Å²) in [5, 5.41) is 5.85. The summed E-state index contributed by atoms with van der Waals surface area (Å²) in [7, 11) is -3.86. The lowest BCUT2D eigenvalue weighted by atomic mass is 10.1. The molecule has 0 aliphatic rings. The zero-order valence-electron chi connectivity index (χ0n) is 17.5. The standard InChI is InChI=1S/C23H16Cl3N3O4S/c1-13(27-28-23-19(25)11-16(24)12-20(23)26)14-2-5-17(6-3-14)29-34(31,32)18-7-8-21-15(10-18)4-9-22(30)33-21/h2-12,28-29H,1H3/b27-13+. The molecule has 34 heavy (non-hydrogen) atoms. The first-order valence-electron chi connectivity index (χ1n) is 9.74. The fourth-order valence-corrected chi connectivity index (χ4v) is 5.06. The molecule has 7 nitrogen and oxygen atoms in total. The van der Waals surface area contributed by atoms with Crippen molar-refractivity contribution in [2.24, 2.45) is 5.10 Å². The summed E-state index contributed by atoms with van der Waals surface area (Å²) in [6.45, 7) is 1.78. The molecule has 1 heterocycles. The van der Waals surface area contributed by atoms with E-state index in [9.17, 15) is 13.2 Å². The number of fused-ring (bicyclic) bond motifs is 1. The normalized spacial score (nSPS) is 12.1. The van der Waals surface area contributed by atoms with Gasteiger partial charge in [-0.1, -0.05) is 46.9 Å². The molecule has 2 N–H and O–H groups in total. The minimum atomic E-state index is -3.86. The Labute approximate surface area is 210 Å². The van der Waals surface area contributed by atoms with Crippen LogP contribution in [0.15, 0.2) is 85.9 Å². The zero-order valence-corrected chi connectivity index (χ0v) is 20.6. The third-order valence-electron chi connectivity index (χ3n) is 4.80. The average Bonchev–Trinajstić information content (AvgIpc) is 2.78. The van der Waals surface area contributed by atoms with Gasteiger partial charge in [-0.2, -0.15) is 5.10 Å². The van der Waals surface area contributed by atoms with Crippen LogP contribution in [0.3, 0.4) is 0 Å². The largest absolute Gasteiger partial charge is 0.423 e. The second-order valence-corrected chi connectivity index (χ2v) is 10.1. The van der Waals surface area contributed by atoms with Crippen molar-refractivity contribution in [3.8, 4) is 0 Å². The van der Waals surface area contributed by atoms with Gasteiger partial charge in [0, 0.05) is 22.2 Å². The highest BCUT2D eigenvalue weighted by Gasteiger charge is 2.15. The monoisotopic (exact) mass is 535 g/mol. The molecule has 0 amide bonds. The fourth-order valence-electron chi connectivity index (χ4n) is 3.06. The molecule has 0 aliphatic heterocycles. The molecule has 11 heteroatoms. The first-order valence-corrected chi connectivity index (χ1v) is 12.4. The third-order valence-corrected chi connectivity index (χ3v) is 6.99. The maximum atomic E-state index is 12.8. The number of hydrazone groups is 1. The van der Waals surface area contributed by atoms with Crippen LogP contribution in [-0.4, -0.2) is 14.1 Å². The van der Waals surface area contributed by atoms with Gasteiger partial charge < -0.3 is 4.42 Å². The van der Waals surface area contributed by atoms with E-state index in [0.29, 0.717) is 43.1 Å². The number of benzene rings is 3. The van der Waals surface area contributed by atoms with Gasteiger partial charge in [0.15, 0.2) is 0 Å². The molecular formula is C23H16Cl3N3O4S. The van der Waals surface area contributed by atoms with E-state index in [1.807, 2.05) is 0 Å². The molecule has 0 fully saturated rings. The Kier molecular flexibility index (Phi) is 6.86. The topological polar surface area (TPSA) is 101 Å². The number of sulfonamides is 1. The van der Waals surface area contributed by atoms with E-state index in [0.717, 1.165) is 5.56 Å². The Morgan fingerprint density at radius 1 is 0.912 bits per heavy atom. The van der Waals surface area contributed by atoms with Crippen molar-refractivity contribution in [3.63, 3.8) is 0 Å². The Balaban J connectivity index is 1.50. The molecular weight excluding hydrogens is 521 g/mol. The number of nitrogens with zero attached hydrogens (tertiary/aromatic N) is 1. The predicted octanol–water partition coefficient (Wildman–Crippen LogP) is 6.39. The summed E-state index contributed by atoms with van der Waals surface area (Å²) >= 11 is 18.2. The summed E-state index contributed by atoms with van der Waals surface area (Å²) in [5.74, 6) is 0. The van der Waals surface area contributed by atoms with Crippen molar-refractivity contribution < 1.29 is 12.8 Å². The first-order chi connectivity index (χ1) is 16.1. The number of rotatable bonds is 6. The minimum absolute atomic E-state index is 0.0385. The Hall–Kier alpha value is -3.04. The molecule has 0 aliphatic carbocycles. The van der Waals surface area contributed by atoms with Crippen LogP contribution < -0.4 is 15.8 Å². The summed E-state index contributed by atoms with van der Waals surface area (Å²) in [4.78, 5) is 11.3. The highest BCUT2D eigenvalue weighted by atomic mass is 35.5. The Morgan fingerprint density at radius 2 is 1.59 bits per heavy atom. The fraction of sp³-hybridized carbons (Fsp3) is 0.0435. The van der Waals surface area contributed by atoms with Gasteiger partial charge in [-0.05, 0) is 61.0 Å². The van der Waals surface area contributed by atoms with E-state index in [1.54, 1.807) is 43.3 Å². The van der Waals surface area contributed by atoms with E-state index in [1.165, 1.54) is 30.3 Å². The van der Waals surface area contributed by atoms with Crippen LogP contribution in [0, 0.1) is 0 Å². The molecule has 0 bridgehead atoms. The molecule has 4 rings (SSSR count). The quantitative estimate of drug-likeness (QED) is 0.169. The SMILES string of the molecule is C/C(=N\Nc1c(Cl)cc(Cl)cc1Cl)c1ccc(NS(=O)(=O)c2ccc3oc(=O)ccc3c2)cc1. The molecule has 3 aromatic carbocycles. The Morgan fingerprint density at radius 3 is 2.26 bits per heavy atom. The van der Waals surface area contributed by atoms with Gasteiger partial charge >= 0.3 is 5.63 Å². The number of nitrogens with one attached hydrogen (secondary N) is 2. The van der Waals surface area contributed by atoms with E-state index in [2.05, 4.69) is 15.2 Å². The Bertz CT molecular complexity index is 1560. The predicted molar refractivity (Wildman–Crippen MR) is 137 cm³/mol. The number of halogens is 3. The first kappa shape index (κ1) is 24.1. The lowest BCUT2D eigenvalue weighted by Gasteiger charge is -2.10. The molecule has 0 atom stereocenters. The second kappa shape index (κ2) is 9.68. The highest BCUT2D eigenvalue weighted by Crippen LogP contribution is 2.33. The smallest absolute Gasteiger partial charge is 0.336 e. The van der Waals surface area contributed by atoms with Gasteiger partial charge in [-0.15, -0.1) is 0 Å². The number of hydrogen-bond acceptors (Lipinski definition) is 6. The van der Waals surface area contributed by atoms with Crippen molar-refractivity contribution in [3.05, 3.63) is 97.8 Å². The van der Waals surface area contributed by atoms with Gasteiger partial charge in [-0.25, -0.2) is 13.2 Å². The van der Waals surface area contributed by atoms with Crippen LogP contribution in [-0.2, 0) is 10.0 Å². The van der Waals surface area contributed by atoms with E-state index >= 15 is 0 Å². The zero-order chi connectivity index (χ0) is 24.5. The van der Waals surface area contributed by atoms with E-state index in [-0.39, 0.29) is 4.90 Å². The van der Waals surface area contributed by atoms with Crippen LogP contribution in [0.2, 0.25) is 15.1 Å². The van der Waals surface area contributed by atoms with Crippen LogP contribution >= 0.6 is 34.8 Å². The van der Waals surface area contributed by atoms with Gasteiger partial charge in [0.25, 0.3) is 10.0 Å². The lowest BCUT2D eigenvalue weighted by Crippen LogP contribution is -2.13. The molecule has 174 valence electrons. The molecule has 4 aromatic rings. The van der Waals surface area contributed by atoms with Crippen LogP contribution in [0.5, 0.6) is 0 Å². The third kappa shape index (κ3) is 5.37. The summed E-state index contributed by atoms with van der Waals surface area (Å²) in [5.41, 5.74) is 4.78. The molecule has 0 saturated heterocycles. The van der Waals surface area contributed by atoms with Crippen molar-refractivity contribution in [2.75, 3.05) is 10.1 Å². The van der Waals surface area contributed by atoms with Gasteiger partial charge in [-0.3, -0.25) is 10.1 Å². The minimum Gasteiger partial charge on any atom is -0.423 e. The maximum absolute atomic E-state index is 12.8. The molecule has 0 unspecified atom stereocenters. The second-order valence-electron chi connectivity index (χ2n) is 7.19. The van der Waals surface area contributed by atoms with Crippen molar-refractivity contribution >= 4 is 72.9 Å². The highest BCUT2D eigenvalue weighted by molar-refractivity contribution is 7.92. The summed E-state index contributed by atoms with van der Waals surface area (Å²) in [6.07, 6.45) is 0. The summed E-state index contributed by atoms with van der Waals surface area (Å²) in [6, 6.07) is 16.8. The van der Waals surface area contributed by atoms with Gasteiger partial charge in [0.1, 0.15) is 5.58 Å². The summed E-state index contributed by atoms with van der Waals surface area (Å²) < 4.78 is 33.2. The molecule has 1 aromatic heterocycles. The van der Waals surface area contributed by atoms with Crippen molar-refractivity contribution in [1.29, 1.82) is 0 Å². The number of anilines is 2. The average molecular weight is 537 g/mol.